The van der Waals surface area contributed by atoms with Gasteiger partial charge in [-0.1, -0.05) is 23.2 Å². The summed E-state index contributed by atoms with van der Waals surface area (Å²) in [5.41, 5.74) is -0.156. The predicted octanol–water partition coefficient (Wildman–Crippen LogP) is 2.83. The summed E-state index contributed by atoms with van der Waals surface area (Å²) in [6.45, 7) is 0. The first-order valence-corrected chi connectivity index (χ1v) is 4.40. The molecule has 13 heavy (non-hydrogen) atoms. The highest BCUT2D eigenvalue weighted by molar-refractivity contribution is 6.42. The molecule has 2 nitrogen and oxygen atoms in total. The molecule has 0 saturated heterocycles. The Morgan fingerprint density at radius 1 is 1.15 bits per heavy atom. The van der Waals surface area contributed by atoms with Crippen molar-refractivity contribution in [1.29, 1.82) is 0 Å². The van der Waals surface area contributed by atoms with Gasteiger partial charge in [0, 0.05) is 11.6 Å². The second-order valence-electron chi connectivity index (χ2n) is 2.66. The molecule has 0 aliphatic carbocycles. The van der Waals surface area contributed by atoms with Crippen LogP contribution in [-0.2, 0) is 0 Å². The number of pyridine rings is 1. The summed E-state index contributed by atoms with van der Waals surface area (Å²) in [7, 11) is 0. The average Bonchev–Trinajstić information content (AvgIpc) is 2.09. The van der Waals surface area contributed by atoms with Gasteiger partial charge >= 0.3 is 0 Å². The molecule has 1 N–H and O–H groups in total. The van der Waals surface area contributed by atoms with Crippen LogP contribution in [0.15, 0.2) is 29.2 Å². The molecule has 0 aliphatic heterocycles. The fourth-order valence-corrected chi connectivity index (χ4v) is 1.52. The van der Waals surface area contributed by atoms with Gasteiger partial charge in [-0.15, -0.1) is 0 Å². The van der Waals surface area contributed by atoms with E-state index >= 15 is 0 Å². The highest BCUT2D eigenvalue weighted by atomic mass is 35.5. The second kappa shape index (κ2) is 3.05. The quantitative estimate of drug-likeness (QED) is 0.718. The second-order valence-corrected chi connectivity index (χ2v) is 3.47. The number of aromatic nitrogens is 1. The number of hydrogen-bond acceptors (Lipinski definition) is 1. The standard InChI is InChI=1S/C9H5Cl2NO/c10-7-3-5-1-2-12-9(13)6(5)4-8(7)11/h1-4H,(H,12,13). The molecular weight excluding hydrogens is 209 g/mol. The Bertz CT molecular complexity index is 518. The number of fused-ring (bicyclic) bond motifs is 1. The number of aromatic amines is 1. The molecule has 0 spiro atoms. The summed E-state index contributed by atoms with van der Waals surface area (Å²) >= 11 is 11.6. The maximum absolute atomic E-state index is 11.3. The Hall–Kier alpha value is -0.990. The average molecular weight is 214 g/mol. The zero-order valence-corrected chi connectivity index (χ0v) is 7.99. The highest BCUT2D eigenvalue weighted by Crippen LogP contribution is 2.25. The van der Waals surface area contributed by atoms with Gasteiger partial charge in [0.1, 0.15) is 0 Å². The van der Waals surface area contributed by atoms with Gasteiger partial charge in [-0.05, 0) is 23.6 Å². The van der Waals surface area contributed by atoms with Gasteiger partial charge in [0.25, 0.3) is 5.56 Å². The molecule has 0 saturated carbocycles. The molecule has 4 heteroatoms. The van der Waals surface area contributed by atoms with Gasteiger partial charge in [-0.25, -0.2) is 0 Å². The summed E-state index contributed by atoms with van der Waals surface area (Å²) in [5.74, 6) is 0. The minimum absolute atomic E-state index is 0.156. The molecule has 2 aromatic rings. The Morgan fingerprint density at radius 2 is 1.85 bits per heavy atom. The Morgan fingerprint density at radius 3 is 2.62 bits per heavy atom. The zero-order chi connectivity index (χ0) is 9.42. The van der Waals surface area contributed by atoms with Crippen molar-refractivity contribution < 1.29 is 0 Å². The van der Waals surface area contributed by atoms with Crippen molar-refractivity contribution in [3.05, 3.63) is 44.8 Å². The molecule has 1 aromatic heterocycles. The lowest BCUT2D eigenvalue weighted by atomic mass is 10.2. The van der Waals surface area contributed by atoms with E-state index in [0.29, 0.717) is 15.4 Å². The minimum Gasteiger partial charge on any atom is -0.329 e. The fraction of sp³-hybridized carbons (Fsp3) is 0. The summed E-state index contributed by atoms with van der Waals surface area (Å²) < 4.78 is 0. The third-order valence-corrected chi connectivity index (χ3v) is 2.54. The van der Waals surface area contributed by atoms with E-state index in [1.807, 2.05) is 0 Å². The Labute approximate surface area is 84.1 Å². The summed E-state index contributed by atoms with van der Waals surface area (Å²) in [4.78, 5) is 13.8. The Kier molecular flexibility index (Phi) is 2.02. The van der Waals surface area contributed by atoms with Crippen molar-refractivity contribution in [2.24, 2.45) is 0 Å². The SMILES string of the molecule is O=c1[nH]ccc2cc(Cl)c(Cl)cc12. The molecule has 1 heterocycles. The summed E-state index contributed by atoms with van der Waals surface area (Å²) in [6, 6.07) is 5.02. The fourth-order valence-electron chi connectivity index (χ4n) is 1.18. The first-order valence-electron chi connectivity index (χ1n) is 3.65. The molecular formula is C9H5Cl2NO. The topological polar surface area (TPSA) is 32.9 Å². The van der Waals surface area contributed by atoms with Crippen molar-refractivity contribution in [3.8, 4) is 0 Å². The number of halogens is 2. The lowest BCUT2D eigenvalue weighted by molar-refractivity contribution is 1.28. The van der Waals surface area contributed by atoms with E-state index in [9.17, 15) is 4.79 Å². The predicted molar refractivity (Wildman–Crippen MR) is 54.6 cm³/mol. The molecule has 2 rings (SSSR count). The molecule has 0 aliphatic rings. The van der Waals surface area contributed by atoms with Gasteiger partial charge in [-0.3, -0.25) is 4.79 Å². The molecule has 66 valence electrons. The van der Waals surface area contributed by atoms with Crippen molar-refractivity contribution in [2.75, 3.05) is 0 Å². The van der Waals surface area contributed by atoms with Crippen molar-refractivity contribution in [2.45, 2.75) is 0 Å². The van der Waals surface area contributed by atoms with Crippen LogP contribution in [0, 0.1) is 0 Å². The van der Waals surface area contributed by atoms with Gasteiger partial charge in [0.15, 0.2) is 0 Å². The largest absolute Gasteiger partial charge is 0.329 e. The number of rotatable bonds is 0. The van der Waals surface area contributed by atoms with Gasteiger partial charge in [0.2, 0.25) is 0 Å². The third kappa shape index (κ3) is 1.43. The van der Waals surface area contributed by atoms with Crippen LogP contribution in [0.2, 0.25) is 10.0 Å². The van der Waals surface area contributed by atoms with Gasteiger partial charge in [-0.2, -0.15) is 0 Å². The minimum atomic E-state index is -0.156. The number of hydrogen-bond donors (Lipinski definition) is 1. The molecule has 0 radical (unpaired) electrons. The zero-order valence-electron chi connectivity index (χ0n) is 6.47. The van der Waals surface area contributed by atoms with E-state index in [1.54, 1.807) is 24.4 Å². The maximum atomic E-state index is 11.3. The lowest BCUT2D eigenvalue weighted by Gasteiger charge is -1.98. The van der Waals surface area contributed by atoms with Gasteiger partial charge in [0.05, 0.1) is 10.0 Å². The van der Waals surface area contributed by atoms with E-state index in [1.165, 1.54) is 0 Å². The van der Waals surface area contributed by atoms with E-state index in [2.05, 4.69) is 4.98 Å². The van der Waals surface area contributed by atoms with Crippen LogP contribution < -0.4 is 5.56 Å². The van der Waals surface area contributed by atoms with Crippen LogP contribution in [0.4, 0.5) is 0 Å². The molecule has 0 fully saturated rings. The van der Waals surface area contributed by atoms with Crippen LogP contribution in [0.3, 0.4) is 0 Å². The van der Waals surface area contributed by atoms with Crippen LogP contribution in [0.25, 0.3) is 10.8 Å². The maximum Gasteiger partial charge on any atom is 0.255 e. The number of benzene rings is 1. The van der Waals surface area contributed by atoms with Crippen LogP contribution in [0.1, 0.15) is 0 Å². The van der Waals surface area contributed by atoms with Crippen LogP contribution in [0.5, 0.6) is 0 Å². The normalized spacial score (nSPS) is 10.6. The first-order chi connectivity index (χ1) is 6.18. The molecule has 0 amide bonds. The van der Waals surface area contributed by atoms with Crippen molar-refractivity contribution in [1.82, 2.24) is 4.98 Å². The van der Waals surface area contributed by atoms with Crippen molar-refractivity contribution >= 4 is 34.0 Å². The molecule has 0 bridgehead atoms. The third-order valence-electron chi connectivity index (χ3n) is 1.81. The summed E-state index contributed by atoms with van der Waals surface area (Å²) in [6.07, 6.45) is 1.58. The van der Waals surface area contributed by atoms with Crippen molar-refractivity contribution in [3.63, 3.8) is 0 Å². The molecule has 1 aromatic carbocycles. The van der Waals surface area contributed by atoms with E-state index in [0.717, 1.165) is 5.39 Å². The van der Waals surface area contributed by atoms with E-state index in [-0.39, 0.29) is 5.56 Å². The lowest BCUT2D eigenvalue weighted by Crippen LogP contribution is -2.03. The number of H-pyrrole nitrogens is 1. The smallest absolute Gasteiger partial charge is 0.255 e. The summed E-state index contributed by atoms with van der Waals surface area (Å²) in [5, 5.41) is 2.20. The Balaban J connectivity index is 2.97. The van der Waals surface area contributed by atoms with E-state index < -0.39 is 0 Å². The molecule has 0 atom stereocenters. The van der Waals surface area contributed by atoms with Crippen LogP contribution >= 0.6 is 23.2 Å². The number of nitrogens with one attached hydrogen (secondary N) is 1. The van der Waals surface area contributed by atoms with Gasteiger partial charge < -0.3 is 4.98 Å². The molecule has 0 unspecified atom stereocenters. The highest BCUT2D eigenvalue weighted by Gasteiger charge is 2.02. The van der Waals surface area contributed by atoms with E-state index in [4.69, 9.17) is 23.2 Å². The van der Waals surface area contributed by atoms with Crippen LogP contribution in [-0.4, -0.2) is 4.98 Å². The monoisotopic (exact) mass is 213 g/mol. The first kappa shape index (κ1) is 8.60.